The van der Waals surface area contributed by atoms with E-state index < -0.39 is 0 Å². The molecular weight excluding hydrogens is 442 g/mol. The molecule has 0 saturated heterocycles. The lowest BCUT2D eigenvalue weighted by Crippen LogP contribution is -2.18. The van der Waals surface area contributed by atoms with Crippen molar-refractivity contribution < 1.29 is 18.7 Å². The molecule has 4 rings (SSSR count). The highest BCUT2D eigenvalue weighted by Crippen LogP contribution is 2.36. The molecule has 0 unspecified atom stereocenters. The molecule has 0 spiro atoms. The predicted molar refractivity (Wildman–Crippen MR) is 126 cm³/mol. The molecule has 1 aliphatic rings. The van der Waals surface area contributed by atoms with Crippen LogP contribution in [0.3, 0.4) is 0 Å². The average molecular weight is 470 g/mol. The molecule has 1 aliphatic carbocycles. The van der Waals surface area contributed by atoms with Gasteiger partial charge in [0.15, 0.2) is 10.9 Å². The molecule has 0 aliphatic heterocycles. The number of furan rings is 1. The zero-order valence-corrected chi connectivity index (χ0v) is 19.5. The monoisotopic (exact) mass is 469 g/mol. The standard InChI is InChI=1S/C23H27N5O4S/c1-15(29)24-16-10-11-19(31-2)18(13-16)25-21(30)14-33-23-27-26-22(20-9-6-12-32-20)28(23)17-7-4-3-5-8-17/h6,9-13,17H,3-5,7-8,14H2,1-2H3,(H,24,29)(H,25,30). The number of thioether (sulfide) groups is 1. The fraction of sp³-hybridized carbons (Fsp3) is 0.391. The summed E-state index contributed by atoms with van der Waals surface area (Å²) in [6.45, 7) is 1.43. The van der Waals surface area contributed by atoms with E-state index in [2.05, 4.69) is 25.4 Å². The second-order valence-corrected chi connectivity index (χ2v) is 8.82. The smallest absolute Gasteiger partial charge is 0.234 e. The lowest BCUT2D eigenvalue weighted by atomic mass is 9.95. The van der Waals surface area contributed by atoms with Gasteiger partial charge in [-0.25, -0.2) is 0 Å². The molecule has 10 heteroatoms. The van der Waals surface area contributed by atoms with Crippen LogP contribution in [0.1, 0.15) is 45.1 Å². The van der Waals surface area contributed by atoms with Crippen molar-refractivity contribution in [3.63, 3.8) is 0 Å². The Hall–Kier alpha value is -3.27. The number of hydrogen-bond acceptors (Lipinski definition) is 7. The van der Waals surface area contributed by atoms with Gasteiger partial charge in [0, 0.05) is 18.7 Å². The van der Waals surface area contributed by atoms with Crippen molar-refractivity contribution >= 4 is 35.0 Å². The Kier molecular flexibility index (Phi) is 7.33. The number of nitrogens with one attached hydrogen (secondary N) is 2. The van der Waals surface area contributed by atoms with Gasteiger partial charge in [-0.1, -0.05) is 31.0 Å². The van der Waals surface area contributed by atoms with Crippen LogP contribution >= 0.6 is 11.8 Å². The van der Waals surface area contributed by atoms with E-state index in [0.717, 1.165) is 25.7 Å². The van der Waals surface area contributed by atoms with Crippen molar-refractivity contribution in [2.24, 2.45) is 0 Å². The minimum Gasteiger partial charge on any atom is -0.495 e. The van der Waals surface area contributed by atoms with Gasteiger partial charge in [0.2, 0.25) is 17.6 Å². The number of anilines is 2. The van der Waals surface area contributed by atoms with E-state index in [-0.39, 0.29) is 23.6 Å². The summed E-state index contributed by atoms with van der Waals surface area (Å²) in [7, 11) is 1.53. The van der Waals surface area contributed by atoms with Crippen LogP contribution in [0.25, 0.3) is 11.6 Å². The fourth-order valence-electron chi connectivity index (χ4n) is 4.02. The van der Waals surface area contributed by atoms with Crippen molar-refractivity contribution in [3.8, 4) is 17.3 Å². The normalized spacial score (nSPS) is 14.1. The molecule has 174 valence electrons. The van der Waals surface area contributed by atoms with Gasteiger partial charge in [0.1, 0.15) is 5.75 Å². The maximum Gasteiger partial charge on any atom is 0.234 e. The Bertz CT molecular complexity index is 1110. The maximum atomic E-state index is 12.8. The van der Waals surface area contributed by atoms with Gasteiger partial charge in [0.25, 0.3) is 0 Å². The topological polar surface area (TPSA) is 111 Å². The molecule has 1 fully saturated rings. The second-order valence-electron chi connectivity index (χ2n) is 7.88. The SMILES string of the molecule is COc1ccc(NC(C)=O)cc1NC(=O)CSc1nnc(-c2ccco2)n1C1CCCCC1. The lowest BCUT2D eigenvalue weighted by molar-refractivity contribution is -0.114. The Labute approximate surface area is 196 Å². The first kappa shape index (κ1) is 22.9. The molecule has 0 bridgehead atoms. The summed E-state index contributed by atoms with van der Waals surface area (Å²) in [5, 5.41) is 15.0. The number of carbonyl (C=O) groups is 2. The Morgan fingerprint density at radius 2 is 2.00 bits per heavy atom. The zero-order chi connectivity index (χ0) is 23.2. The van der Waals surface area contributed by atoms with E-state index in [1.54, 1.807) is 24.5 Å². The highest BCUT2D eigenvalue weighted by Gasteiger charge is 2.25. The Morgan fingerprint density at radius 3 is 2.70 bits per heavy atom. The van der Waals surface area contributed by atoms with Crippen LogP contribution in [0.2, 0.25) is 0 Å². The van der Waals surface area contributed by atoms with Crippen LogP contribution in [0.5, 0.6) is 5.75 Å². The van der Waals surface area contributed by atoms with E-state index in [0.29, 0.717) is 33.9 Å². The van der Waals surface area contributed by atoms with E-state index >= 15 is 0 Å². The van der Waals surface area contributed by atoms with Crippen LogP contribution in [0.15, 0.2) is 46.2 Å². The molecular formula is C23H27N5O4S. The number of nitrogens with zero attached hydrogens (tertiary/aromatic N) is 3. The van der Waals surface area contributed by atoms with Gasteiger partial charge in [0.05, 0.1) is 24.8 Å². The minimum atomic E-state index is -0.212. The van der Waals surface area contributed by atoms with Crippen molar-refractivity contribution in [2.45, 2.75) is 50.2 Å². The van der Waals surface area contributed by atoms with E-state index in [4.69, 9.17) is 9.15 Å². The van der Waals surface area contributed by atoms with E-state index in [1.165, 1.54) is 32.2 Å². The van der Waals surface area contributed by atoms with Gasteiger partial charge >= 0.3 is 0 Å². The first-order valence-corrected chi connectivity index (χ1v) is 11.9. The highest BCUT2D eigenvalue weighted by atomic mass is 32.2. The average Bonchev–Trinajstić information content (AvgIpc) is 3.48. The van der Waals surface area contributed by atoms with Crippen LogP contribution in [-0.4, -0.2) is 39.4 Å². The molecule has 1 saturated carbocycles. The van der Waals surface area contributed by atoms with Crippen LogP contribution in [-0.2, 0) is 9.59 Å². The number of hydrogen-bond donors (Lipinski definition) is 2. The van der Waals surface area contributed by atoms with Crippen LogP contribution < -0.4 is 15.4 Å². The molecule has 33 heavy (non-hydrogen) atoms. The first-order chi connectivity index (χ1) is 16.0. The third-order valence-electron chi connectivity index (χ3n) is 5.47. The summed E-state index contributed by atoms with van der Waals surface area (Å²) >= 11 is 1.34. The largest absolute Gasteiger partial charge is 0.495 e. The summed E-state index contributed by atoms with van der Waals surface area (Å²) in [5.74, 6) is 1.62. The minimum absolute atomic E-state index is 0.149. The van der Waals surface area contributed by atoms with Crippen LogP contribution in [0.4, 0.5) is 11.4 Å². The zero-order valence-electron chi connectivity index (χ0n) is 18.7. The summed E-state index contributed by atoms with van der Waals surface area (Å²) < 4.78 is 13.0. The third-order valence-corrected chi connectivity index (χ3v) is 6.42. The van der Waals surface area contributed by atoms with Gasteiger partial charge < -0.3 is 19.8 Å². The Balaban J connectivity index is 1.49. The van der Waals surface area contributed by atoms with Crippen molar-refractivity contribution in [2.75, 3.05) is 23.5 Å². The maximum absolute atomic E-state index is 12.8. The molecule has 3 aromatic rings. The quantitative estimate of drug-likeness (QED) is 0.458. The third kappa shape index (κ3) is 5.57. The Morgan fingerprint density at radius 1 is 1.18 bits per heavy atom. The van der Waals surface area contributed by atoms with Crippen LogP contribution in [0, 0.1) is 0 Å². The van der Waals surface area contributed by atoms with Crippen molar-refractivity contribution in [1.29, 1.82) is 0 Å². The molecule has 1 aromatic carbocycles. The number of ether oxygens (including phenoxy) is 1. The van der Waals surface area contributed by atoms with Crippen molar-refractivity contribution in [3.05, 3.63) is 36.6 Å². The van der Waals surface area contributed by atoms with Gasteiger partial charge in [-0.05, 0) is 43.2 Å². The predicted octanol–water partition coefficient (Wildman–Crippen LogP) is 4.74. The first-order valence-electron chi connectivity index (χ1n) is 10.9. The number of benzene rings is 1. The molecule has 2 heterocycles. The summed E-state index contributed by atoms with van der Waals surface area (Å²) in [5.41, 5.74) is 1.06. The molecule has 9 nitrogen and oxygen atoms in total. The lowest BCUT2D eigenvalue weighted by Gasteiger charge is -2.25. The van der Waals surface area contributed by atoms with Gasteiger partial charge in [-0.3, -0.25) is 14.2 Å². The van der Waals surface area contributed by atoms with Gasteiger partial charge in [-0.2, -0.15) is 0 Å². The van der Waals surface area contributed by atoms with E-state index in [9.17, 15) is 9.59 Å². The summed E-state index contributed by atoms with van der Waals surface area (Å²) in [4.78, 5) is 24.1. The molecule has 2 amide bonds. The second kappa shape index (κ2) is 10.6. The fourth-order valence-corrected chi connectivity index (χ4v) is 4.83. The number of methoxy groups -OCH3 is 1. The number of rotatable bonds is 8. The number of aromatic nitrogens is 3. The summed E-state index contributed by atoms with van der Waals surface area (Å²) in [6.07, 6.45) is 7.29. The summed E-state index contributed by atoms with van der Waals surface area (Å²) in [6, 6.07) is 9.07. The molecule has 2 N–H and O–H groups in total. The van der Waals surface area contributed by atoms with Crippen molar-refractivity contribution in [1.82, 2.24) is 14.8 Å². The number of amides is 2. The van der Waals surface area contributed by atoms with E-state index in [1.807, 2.05) is 12.1 Å². The molecule has 0 atom stereocenters. The number of carbonyl (C=O) groups excluding carboxylic acids is 2. The van der Waals surface area contributed by atoms with Gasteiger partial charge in [-0.15, -0.1) is 10.2 Å². The highest BCUT2D eigenvalue weighted by molar-refractivity contribution is 7.99. The molecule has 2 aromatic heterocycles. The molecule has 0 radical (unpaired) electrons.